The second kappa shape index (κ2) is 8.93. The second-order valence-corrected chi connectivity index (χ2v) is 6.85. The van der Waals surface area contributed by atoms with E-state index in [0.29, 0.717) is 15.6 Å². The fourth-order valence-electron chi connectivity index (χ4n) is 1.47. The number of hydrazone groups is 1. The molecule has 0 unspecified atom stereocenters. The Labute approximate surface area is 156 Å². The lowest BCUT2D eigenvalue weighted by atomic mass is 10.2. The van der Waals surface area contributed by atoms with Gasteiger partial charge in [0.2, 0.25) is 11.0 Å². The van der Waals surface area contributed by atoms with Crippen LogP contribution in [0.15, 0.2) is 29.4 Å². The van der Waals surface area contributed by atoms with E-state index in [-0.39, 0.29) is 17.5 Å². The van der Waals surface area contributed by atoms with Crippen LogP contribution in [0.4, 0.5) is 5.13 Å². The zero-order valence-corrected chi connectivity index (χ0v) is 15.0. The van der Waals surface area contributed by atoms with Crippen LogP contribution in [0.1, 0.15) is 10.6 Å². The molecule has 0 atom stereocenters. The quantitative estimate of drug-likeness (QED) is 0.438. The van der Waals surface area contributed by atoms with Crippen molar-refractivity contribution < 1.29 is 9.59 Å². The van der Waals surface area contributed by atoms with Crippen LogP contribution in [-0.2, 0) is 16.0 Å². The van der Waals surface area contributed by atoms with Gasteiger partial charge in [0, 0.05) is 10.6 Å². The summed E-state index contributed by atoms with van der Waals surface area (Å²) in [5, 5.41) is 14.8. The van der Waals surface area contributed by atoms with Crippen molar-refractivity contribution in [1.82, 2.24) is 15.6 Å². The Balaban J connectivity index is 1.86. The summed E-state index contributed by atoms with van der Waals surface area (Å²) in [6, 6.07) is 7.08. The standard InChI is InChI=1S/C13H10Cl3N5O2S/c14-8-4-2-1-3-7(8)6-17-19-9(22)5-10-20-21-13(24-10)18-12(23)11(15)16/h1-4,6,11H,5H2,(H,19,22)(H,18,21,23)/b17-6-. The maximum atomic E-state index is 11.8. The van der Waals surface area contributed by atoms with Gasteiger partial charge in [-0.1, -0.05) is 64.3 Å². The monoisotopic (exact) mass is 405 g/mol. The van der Waals surface area contributed by atoms with E-state index in [2.05, 4.69) is 26.0 Å². The van der Waals surface area contributed by atoms with Crippen molar-refractivity contribution in [3.8, 4) is 0 Å². The number of aromatic nitrogens is 2. The number of amides is 2. The number of alkyl halides is 2. The molecule has 24 heavy (non-hydrogen) atoms. The van der Waals surface area contributed by atoms with Crippen molar-refractivity contribution in [2.24, 2.45) is 5.10 Å². The highest BCUT2D eigenvalue weighted by atomic mass is 35.5. The fourth-order valence-corrected chi connectivity index (χ4v) is 2.50. The summed E-state index contributed by atoms with van der Waals surface area (Å²) < 4.78 is 0. The molecule has 0 saturated heterocycles. The van der Waals surface area contributed by atoms with Gasteiger partial charge in [0.1, 0.15) is 5.01 Å². The lowest BCUT2D eigenvalue weighted by molar-refractivity contribution is -0.120. The van der Waals surface area contributed by atoms with Gasteiger partial charge in [0.05, 0.1) is 12.6 Å². The molecule has 1 heterocycles. The maximum absolute atomic E-state index is 11.8. The van der Waals surface area contributed by atoms with Gasteiger partial charge in [0.15, 0.2) is 4.84 Å². The predicted octanol–water partition coefficient (Wildman–Crippen LogP) is 2.63. The first-order valence-corrected chi connectivity index (χ1v) is 8.50. The van der Waals surface area contributed by atoms with Gasteiger partial charge in [-0.05, 0) is 6.07 Å². The van der Waals surface area contributed by atoms with Crippen LogP contribution in [0.25, 0.3) is 0 Å². The van der Waals surface area contributed by atoms with Crippen molar-refractivity contribution in [1.29, 1.82) is 0 Å². The Kier molecular flexibility index (Phi) is 6.92. The molecule has 7 nitrogen and oxygen atoms in total. The van der Waals surface area contributed by atoms with Gasteiger partial charge in [-0.15, -0.1) is 10.2 Å². The topological polar surface area (TPSA) is 96.3 Å². The SMILES string of the molecule is O=C(Cc1nnc(NC(=O)C(Cl)Cl)s1)N/N=C\c1ccccc1Cl. The number of anilines is 1. The summed E-state index contributed by atoms with van der Waals surface area (Å²) in [6.07, 6.45) is 1.39. The van der Waals surface area contributed by atoms with Gasteiger partial charge < -0.3 is 0 Å². The molecule has 2 N–H and O–H groups in total. The average molecular weight is 407 g/mol. The molecular weight excluding hydrogens is 397 g/mol. The summed E-state index contributed by atoms with van der Waals surface area (Å²) in [5.74, 6) is -1.00. The largest absolute Gasteiger partial charge is 0.298 e. The summed E-state index contributed by atoms with van der Waals surface area (Å²) in [4.78, 5) is 21.9. The molecule has 0 fully saturated rings. The van der Waals surface area contributed by atoms with Crippen LogP contribution in [0, 0.1) is 0 Å². The number of benzene rings is 1. The molecule has 2 amide bonds. The molecule has 0 bridgehead atoms. The van der Waals surface area contributed by atoms with E-state index >= 15 is 0 Å². The van der Waals surface area contributed by atoms with Gasteiger partial charge >= 0.3 is 0 Å². The van der Waals surface area contributed by atoms with Crippen LogP contribution >= 0.6 is 46.1 Å². The van der Waals surface area contributed by atoms with Gasteiger partial charge in [-0.3, -0.25) is 14.9 Å². The summed E-state index contributed by atoms with van der Waals surface area (Å²) in [7, 11) is 0. The number of hydrogen-bond acceptors (Lipinski definition) is 6. The molecule has 0 radical (unpaired) electrons. The third-order valence-corrected chi connectivity index (χ3v) is 4.08. The highest BCUT2D eigenvalue weighted by Gasteiger charge is 2.15. The molecule has 0 aliphatic heterocycles. The molecule has 2 aromatic rings. The molecule has 1 aromatic heterocycles. The normalized spacial score (nSPS) is 11.0. The van der Waals surface area contributed by atoms with Gasteiger partial charge in [0.25, 0.3) is 5.91 Å². The minimum atomic E-state index is -1.21. The minimum Gasteiger partial charge on any atom is -0.298 e. The van der Waals surface area contributed by atoms with Crippen molar-refractivity contribution in [2.45, 2.75) is 11.3 Å². The Morgan fingerprint density at radius 3 is 2.75 bits per heavy atom. The summed E-state index contributed by atoms with van der Waals surface area (Å²) >= 11 is 17.8. The van der Waals surface area contributed by atoms with E-state index in [1.54, 1.807) is 24.3 Å². The number of carbonyl (C=O) groups is 2. The van der Waals surface area contributed by atoms with E-state index in [4.69, 9.17) is 34.8 Å². The van der Waals surface area contributed by atoms with Crippen molar-refractivity contribution in [3.63, 3.8) is 0 Å². The predicted molar refractivity (Wildman–Crippen MR) is 94.9 cm³/mol. The lowest BCUT2D eigenvalue weighted by Crippen LogP contribution is -2.19. The maximum Gasteiger partial charge on any atom is 0.259 e. The van der Waals surface area contributed by atoms with Crippen molar-refractivity contribution in [2.75, 3.05) is 5.32 Å². The van der Waals surface area contributed by atoms with E-state index in [1.807, 2.05) is 0 Å². The van der Waals surface area contributed by atoms with Gasteiger partial charge in [-0.2, -0.15) is 5.10 Å². The smallest absolute Gasteiger partial charge is 0.259 e. The van der Waals surface area contributed by atoms with Crippen LogP contribution in [0.2, 0.25) is 5.02 Å². The van der Waals surface area contributed by atoms with Crippen LogP contribution in [0.5, 0.6) is 0 Å². The minimum absolute atomic E-state index is 0.0431. The van der Waals surface area contributed by atoms with Crippen molar-refractivity contribution in [3.05, 3.63) is 39.9 Å². The van der Waals surface area contributed by atoms with Crippen LogP contribution in [-0.4, -0.2) is 33.1 Å². The molecule has 0 spiro atoms. The zero-order chi connectivity index (χ0) is 17.5. The summed E-state index contributed by atoms with van der Waals surface area (Å²) in [5.41, 5.74) is 3.03. The lowest BCUT2D eigenvalue weighted by Gasteiger charge is -1.99. The van der Waals surface area contributed by atoms with E-state index in [0.717, 1.165) is 11.3 Å². The van der Waals surface area contributed by atoms with Crippen LogP contribution < -0.4 is 10.7 Å². The zero-order valence-electron chi connectivity index (χ0n) is 11.9. The number of rotatable bonds is 6. The Bertz CT molecular complexity index is 766. The van der Waals surface area contributed by atoms with E-state index in [1.165, 1.54) is 6.21 Å². The number of halogens is 3. The first-order valence-electron chi connectivity index (χ1n) is 6.43. The number of nitrogens with one attached hydrogen (secondary N) is 2. The Hall–Kier alpha value is -1.74. The molecule has 0 aliphatic carbocycles. The first-order chi connectivity index (χ1) is 11.5. The highest BCUT2D eigenvalue weighted by Crippen LogP contribution is 2.17. The molecule has 11 heteroatoms. The third kappa shape index (κ3) is 5.72. The average Bonchev–Trinajstić information content (AvgIpc) is 2.96. The first kappa shape index (κ1) is 18.6. The number of hydrogen-bond donors (Lipinski definition) is 2. The molecule has 0 aliphatic rings. The molecule has 2 rings (SSSR count). The molecule has 0 saturated carbocycles. The van der Waals surface area contributed by atoms with E-state index < -0.39 is 10.7 Å². The Morgan fingerprint density at radius 2 is 2.04 bits per heavy atom. The number of nitrogens with zero attached hydrogens (tertiary/aromatic N) is 3. The van der Waals surface area contributed by atoms with Gasteiger partial charge in [-0.25, -0.2) is 5.43 Å². The Morgan fingerprint density at radius 1 is 1.29 bits per heavy atom. The third-order valence-electron chi connectivity index (χ3n) is 2.51. The second-order valence-electron chi connectivity index (χ2n) is 4.28. The molecular formula is C13H10Cl3N5O2S. The van der Waals surface area contributed by atoms with Crippen molar-refractivity contribution >= 4 is 69.3 Å². The number of carbonyl (C=O) groups excluding carboxylic acids is 2. The van der Waals surface area contributed by atoms with Crippen LogP contribution in [0.3, 0.4) is 0 Å². The highest BCUT2D eigenvalue weighted by molar-refractivity contribution is 7.15. The van der Waals surface area contributed by atoms with E-state index in [9.17, 15) is 9.59 Å². The fraction of sp³-hybridized carbons (Fsp3) is 0.154. The molecule has 1 aromatic carbocycles. The molecule has 126 valence electrons. The summed E-state index contributed by atoms with van der Waals surface area (Å²) in [6.45, 7) is 0.